The fourth-order valence-corrected chi connectivity index (χ4v) is 4.27. The van der Waals surface area contributed by atoms with E-state index in [-0.39, 0.29) is 22.1 Å². The van der Waals surface area contributed by atoms with Crippen molar-refractivity contribution in [3.05, 3.63) is 63.7 Å². The second kappa shape index (κ2) is 7.20. The van der Waals surface area contributed by atoms with Crippen LogP contribution in [-0.2, 0) is 16.8 Å². The number of thiophene rings is 1. The lowest BCUT2D eigenvalue weighted by molar-refractivity contribution is 0.0955. The number of fused-ring (bicyclic) bond motifs is 1. The summed E-state index contributed by atoms with van der Waals surface area (Å²) in [7, 11) is -3.88. The van der Waals surface area contributed by atoms with Crippen molar-refractivity contribution in [2.24, 2.45) is 5.14 Å². The van der Waals surface area contributed by atoms with Gasteiger partial charge in [-0.05, 0) is 35.9 Å². The number of hydrogen-bond acceptors (Lipinski definition) is 4. The molecule has 0 aliphatic rings. The lowest BCUT2D eigenvalue weighted by Crippen LogP contribution is -2.23. The quantitative estimate of drug-likeness (QED) is 0.598. The van der Waals surface area contributed by atoms with Crippen molar-refractivity contribution < 1.29 is 17.6 Å². The summed E-state index contributed by atoms with van der Waals surface area (Å²) >= 11 is 7.32. The average molecular weight is 414 g/mol. The number of nitrogens with two attached hydrogens (primary N) is 1. The Morgan fingerprint density at radius 2 is 2.00 bits per heavy atom. The van der Waals surface area contributed by atoms with Gasteiger partial charge in [-0.1, -0.05) is 23.7 Å². The van der Waals surface area contributed by atoms with Crippen molar-refractivity contribution in [1.82, 2.24) is 5.32 Å². The molecule has 1 aromatic heterocycles. The van der Waals surface area contributed by atoms with Crippen LogP contribution in [0.15, 0.2) is 42.5 Å². The highest BCUT2D eigenvalue weighted by molar-refractivity contribution is 7.90. The third-order valence-electron chi connectivity index (χ3n) is 3.44. The summed E-state index contributed by atoms with van der Waals surface area (Å²) in [4.78, 5) is 12.7. The van der Waals surface area contributed by atoms with E-state index in [9.17, 15) is 17.6 Å². The molecule has 0 bridgehead atoms. The van der Waals surface area contributed by atoms with Gasteiger partial charge in [-0.3, -0.25) is 9.52 Å². The molecule has 0 spiro atoms. The molecule has 0 fully saturated rings. The number of carbonyl (C=O) groups is 1. The van der Waals surface area contributed by atoms with Crippen LogP contribution in [0.4, 0.5) is 10.1 Å². The van der Waals surface area contributed by atoms with Crippen molar-refractivity contribution in [3.63, 3.8) is 0 Å². The average Bonchev–Trinajstić information content (AvgIpc) is 2.87. The Morgan fingerprint density at radius 3 is 2.73 bits per heavy atom. The molecule has 26 heavy (non-hydrogen) atoms. The van der Waals surface area contributed by atoms with Crippen LogP contribution in [0, 0.1) is 5.82 Å². The highest BCUT2D eigenvalue weighted by Gasteiger charge is 2.17. The Hall–Kier alpha value is -2.20. The molecule has 0 aliphatic carbocycles. The lowest BCUT2D eigenvalue weighted by Gasteiger charge is -2.07. The van der Waals surface area contributed by atoms with Gasteiger partial charge in [0.1, 0.15) is 10.7 Å². The number of amides is 1. The Bertz CT molecular complexity index is 1100. The zero-order chi connectivity index (χ0) is 18.9. The van der Waals surface area contributed by atoms with E-state index >= 15 is 0 Å². The van der Waals surface area contributed by atoms with Crippen LogP contribution in [0.3, 0.4) is 0 Å². The summed E-state index contributed by atoms with van der Waals surface area (Å²) in [5.41, 5.74) is 0.949. The summed E-state index contributed by atoms with van der Waals surface area (Å²) in [6.45, 7) is 0.151. The summed E-state index contributed by atoms with van der Waals surface area (Å²) in [5.74, 6) is -0.803. The number of halogens is 2. The first-order chi connectivity index (χ1) is 12.2. The van der Waals surface area contributed by atoms with Gasteiger partial charge in [0.05, 0.1) is 10.7 Å². The smallest absolute Gasteiger partial charge is 0.296 e. The van der Waals surface area contributed by atoms with E-state index in [0.717, 1.165) is 11.3 Å². The summed E-state index contributed by atoms with van der Waals surface area (Å²) in [6, 6.07) is 10.6. The molecule has 1 heterocycles. The normalized spacial score (nSPS) is 11.5. The fourth-order valence-electron chi connectivity index (χ4n) is 2.36. The highest BCUT2D eigenvalue weighted by atomic mass is 35.5. The predicted octanol–water partition coefficient (Wildman–Crippen LogP) is 3.24. The van der Waals surface area contributed by atoms with Crippen molar-refractivity contribution in [2.45, 2.75) is 6.54 Å². The highest BCUT2D eigenvalue weighted by Crippen LogP contribution is 2.35. The third kappa shape index (κ3) is 4.31. The van der Waals surface area contributed by atoms with Gasteiger partial charge in [0, 0.05) is 16.6 Å². The Morgan fingerprint density at radius 1 is 1.23 bits per heavy atom. The molecule has 4 N–H and O–H groups in total. The monoisotopic (exact) mass is 413 g/mol. The van der Waals surface area contributed by atoms with E-state index in [4.69, 9.17) is 16.7 Å². The Labute approximate surface area is 158 Å². The van der Waals surface area contributed by atoms with Gasteiger partial charge in [0.15, 0.2) is 0 Å². The van der Waals surface area contributed by atoms with Crippen molar-refractivity contribution in [1.29, 1.82) is 0 Å². The minimum absolute atomic E-state index is 0.151. The van der Waals surface area contributed by atoms with Gasteiger partial charge in [-0.2, -0.15) is 8.42 Å². The molecule has 0 saturated heterocycles. The number of hydrogen-bond donors (Lipinski definition) is 3. The molecular weight excluding hydrogens is 401 g/mol. The molecule has 3 aromatic rings. The maximum Gasteiger partial charge on any atom is 0.296 e. The van der Waals surface area contributed by atoms with Crippen molar-refractivity contribution in [3.8, 4) is 0 Å². The largest absolute Gasteiger partial charge is 0.347 e. The van der Waals surface area contributed by atoms with Gasteiger partial charge in [-0.15, -0.1) is 11.3 Å². The van der Waals surface area contributed by atoms with Crippen LogP contribution >= 0.6 is 22.9 Å². The number of carbonyl (C=O) groups excluding carboxylic acids is 1. The molecule has 0 radical (unpaired) electrons. The van der Waals surface area contributed by atoms with Gasteiger partial charge < -0.3 is 5.32 Å². The van der Waals surface area contributed by atoms with Gasteiger partial charge in [0.2, 0.25) is 0 Å². The Balaban J connectivity index is 1.75. The molecule has 6 nitrogen and oxygen atoms in total. The van der Waals surface area contributed by atoms with Crippen LogP contribution in [0.2, 0.25) is 5.02 Å². The number of anilines is 1. The minimum Gasteiger partial charge on any atom is -0.347 e. The molecule has 0 unspecified atom stereocenters. The zero-order valence-corrected chi connectivity index (χ0v) is 15.5. The fraction of sp³-hybridized carbons (Fsp3) is 0.0625. The SMILES string of the molecule is NS(=O)(=O)Nc1cccc(CNC(=O)c2sc3cc(F)ccc3c2Cl)c1. The van der Waals surface area contributed by atoms with Gasteiger partial charge in [-0.25, -0.2) is 9.53 Å². The van der Waals surface area contributed by atoms with Crippen LogP contribution in [0.25, 0.3) is 10.1 Å². The molecule has 3 rings (SSSR count). The standard InChI is InChI=1S/C16H13ClFN3O3S2/c17-14-12-5-4-10(18)7-13(12)25-15(14)16(22)20-8-9-2-1-3-11(6-9)21-26(19,23)24/h1-7,21H,8H2,(H,20,22)(H2,19,23,24). The maximum absolute atomic E-state index is 13.3. The molecule has 0 atom stereocenters. The number of benzene rings is 2. The summed E-state index contributed by atoms with van der Waals surface area (Å²) < 4.78 is 38.2. The Kier molecular flexibility index (Phi) is 5.15. The maximum atomic E-state index is 13.3. The van der Waals surface area contributed by atoms with Crippen LogP contribution < -0.4 is 15.2 Å². The molecule has 10 heteroatoms. The van der Waals surface area contributed by atoms with E-state index in [1.807, 2.05) is 0 Å². The summed E-state index contributed by atoms with van der Waals surface area (Å²) in [5, 5.41) is 8.52. The number of nitrogens with one attached hydrogen (secondary N) is 2. The first-order valence-corrected chi connectivity index (χ1v) is 10.0. The van der Waals surface area contributed by atoms with Crippen LogP contribution in [-0.4, -0.2) is 14.3 Å². The third-order valence-corrected chi connectivity index (χ3v) is 5.61. The molecule has 0 aliphatic heterocycles. The van der Waals surface area contributed by atoms with E-state index in [1.54, 1.807) is 18.2 Å². The molecule has 136 valence electrons. The molecule has 2 aromatic carbocycles. The second-order valence-electron chi connectivity index (χ2n) is 5.42. The minimum atomic E-state index is -3.88. The molecule has 1 amide bonds. The zero-order valence-electron chi connectivity index (χ0n) is 13.1. The first-order valence-electron chi connectivity index (χ1n) is 7.28. The van der Waals surface area contributed by atoms with Gasteiger partial charge in [0.25, 0.3) is 16.1 Å². The van der Waals surface area contributed by atoms with E-state index in [0.29, 0.717) is 15.6 Å². The summed E-state index contributed by atoms with van der Waals surface area (Å²) in [6.07, 6.45) is 0. The molecular formula is C16H13ClFN3O3S2. The second-order valence-corrected chi connectivity index (χ2v) is 8.14. The van der Waals surface area contributed by atoms with Crippen LogP contribution in [0.1, 0.15) is 15.2 Å². The van der Waals surface area contributed by atoms with Crippen molar-refractivity contribution in [2.75, 3.05) is 4.72 Å². The predicted molar refractivity (Wildman–Crippen MR) is 101 cm³/mol. The molecule has 0 saturated carbocycles. The van der Waals surface area contributed by atoms with E-state index in [1.165, 1.54) is 24.3 Å². The van der Waals surface area contributed by atoms with E-state index < -0.39 is 21.9 Å². The van der Waals surface area contributed by atoms with Crippen molar-refractivity contribution >= 4 is 54.8 Å². The number of rotatable bonds is 5. The van der Waals surface area contributed by atoms with Crippen LogP contribution in [0.5, 0.6) is 0 Å². The van der Waals surface area contributed by atoms with E-state index in [2.05, 4.69) is 10.0 Å². The first kappa shape index (κ1) is 18.6. The topological polar surface area (TPSA) is 101 Å². The lowest BCUT2D eigenvalue weighted by atomic mass is 10.2. The van der Waals surface area contributed by atoms with Gasteiger partial charge >= 0.3 is 0 Å².